The molecule has 2 N–H and O–H groups in total. The third kappa shape index (κ3) is 4.61. The van der Waals surface area contributed by atoms with Crippen LogP contribution >= 0.6 is 15.9 Å². The van der Waals surface area contributed by atoms with Gasteiger partial charge in [0.1, 0.15) is 17.5 Å². The van der Waals surface area contributed by atoms with E-state index >= 15 is 0 Å². The van der Waals surface area contributed by atoms with Gasteiger partial charge in [0.15, 0.2) is 0 Å². The second-order valence-electron chi connectivity index (χ2n) is 5.95. The summed E-state index contributed by atoms with van der Waals surface area (Å²) in [5.41, 5.74) is 1.45. The number of nitrogens with zero attached hydrogens (tertiary/aromatic N) is 1. The van der Waals surface area contributed by atoms with Gasteiger partial charge in [0, 0.05) is 33.3 Å². The van der Waals surface area contributed by atoms with Crippen molar-refractivity contribution in [2.45, 2.75) is 10.9 Å². The van der Waals surface area contributed by atoms with E-state index in [9.17, 15) is 17.4 Å². The van der Waals surface area contributed by atoms with Crippen LogP contribution < -0.4 is 10.2 Å². The summed E-state index contributed by atoms with van der Waals surface area (Å²) in [6.07, 6.45) is 0. The highest BCUT2D eigenvalue weighted by molar-refractivity contribution is 9.10. The van der Waals surface area contributed by atoms with Crippen molar-refractivity contribution >= 4 is 42.7 Å². The summed E-state index contributed by atoms with van der Waals surface area (Å²) >= 11 is 3.33. The third-order valence-electron chi connectivity index (χ3n) is 4.12. The number of nitrogens with one attached hydrogen (secondary N) is 1. The van der Waals surface area contributed by atoms with E-state index in [4.69, 9.17) is 9.94 Å². The first-order chi connectivity index (χ1) is 13.3. The molecule has 0 unspecified atom stereocenters. The fourth-order valence-corrected chi connectivity index (χ4v) is 6.03. The van der Waals surface area contributed by atoms with E-state index in [-0.39, 0.29) is 22.9 Å². The molecule has 1 heterocycles. The van der Waals surface area contributed by atoms with Gasteiger partial charge in [-0.15, -0.1) is 0 Å². The lowest BCUT2D eigenvalue weighted by atomic mass is 10.3. The summed E-state index contributed by atoms with van der Waals surface area (Å²) < 4.78 is 45.2. The zero-order chi connectivity index (χ0) is 20.3. The molecular formula is C17H17BrN2O6S2. The van der Waals surface area contributed by atoms with Crippen molar-refractivity contribution < 1.29 is 27.4 Å². The Kier molecular flexibility index (Phi) is 6.50. The van der Waals surface area contributed by atoms with Crippen LogP contribution in [0.25, 0.3) is 0 Å². The fourth-order valence-electron chi connectivity index (χ4n) is 2.71. The molecule has 2 atom stereocenters. The van der Waals surface area contributed by atoms with Crippen LogP contribution in [0.3, 0.4) is 0 Å². The Morgan fingerprint density at radius 1 is 1.14 bits per heavy atom. The maximum atomic E-state index is 13.0. The smallest absolute Gasteiger partial charge is 0.262 e. The van der Waals surface area contributed by atoms with E-state index in [0.717, 1.165) is 8.78 Å². The van der Waals surface area contributed by atoms with Crippen molar-refractivity contribution in [1.82, 2.24) is 9.79 Å². The van der Waals surface area contributed by atoms with E-state index in [1.165, 1.54) is 29.7 Å². The van der Waals surface area contributed by atoms with Gasteiger partial charge in [-0.2, -0.15) is 4.31 Å². The van der Waals surface area contributed by atoms with Crippen LogP contribution in [0, 0.1) is 0 Å². The second-order valence-corrected chi connectivity index (χ2v) is 10.4. The SMILES string of the molecule is O=C(NO)[C@H]1C[S@](=O)CCN1S(=O)(=O)c1ccc(Oc2ccc(Br)cc2)cc1. The van der Waals surface area contributed by atoms with Crippen LogP contribution in [0.15, 0.2) is 57.9 Å². The number of hydrogen-bond acceptors (Lipinski definition) is 6. The number of sulfonamides is 1. The van der Waals surface area contributed by atoms with E-state index in [1.807, 2.05) is 12.1 Å². The normalized spacial score (nSPS) is 20.5. The first kappa shape index (κ1) is 20.9. The van der Waals surface area contributed by atoms with Crippen LogP contribution in [-0.4, -0.2) is 52.1 Å². The van der Waals surface area contributed by atoms with Gasteiger partial charge in [0.05, 0.1) is 4.90 Å². The molecule has 0 bridgehead atoms. The van der Waals surface area contributed by atoms with Gasteiger partial charge < -0.3 is 4.74 Å². The van der Waals surface area contributed by atoms with Gasteiger partial charge in [-0.05, 0) is 48.5 Å². The minimum Gasteiger partial charge on any atom is -0.457 e. The monoisotopic (exact) mass is 488 g/mol. The number of carbonyl (C=O) groups excluding carboxylic acids is 1. The van der Waals surface area contributed by atoms with Gasteiger partial charge in [-0.25, -0.2) is 13.9 Å². The summed E-state index contributed by atoms with van der Waals surface area (Å²) in [5.74, 6) is 0.0877. The van der Waals surface area contributed by atoms with Crippen LogP contribution in [0.2, 0.25) is 0 Å². The molecule has 28 heavy (non-hydrogen) atoms. The lowest BCUT2D eigenvalue weighted by molar-refractivity contribution is -0.132. The predicted octanol–water partition coefficient (Wildman–Crippen LogP) is 1.87. The van der Waals surface area contributed by atoms with Crippen molar-refractivity contribution in [3.05, 3.63) is 53.0 Å². The Bertz CT molecular complexity index is 980. The Balaban J connectivity index is 1.82. The molecule has 8 nitrogen and oxygen atoms in total. The van der Waals surface area contributed by atoms with E-state index in [0.29, 0.717) is 11.5 Å². The molecule has 1 aliphatic heterocycles. The van der Waals surface area contributed by atoms with Gasteiger partial charge in [-0.3, -0.25) is 14.2 Å². The van der Waals surface area contributed by atoms with Crippen LogP contribution in [0.1, 0.15) is 0 Å². The van der Waals surface area contributed by atoms with Gasteiger partial charge in [0.2, 0.25) is 10.0 Å². The Hall–Kier alpha value is -1.79. The van der Waals surface area contributed by atoms with E-state index in [1.54, 1.807) is 12.1 Å². The number of hydrogen-bond donors (Lipinski definition) is 2. The average Bonchev–Trinajstić information content (AvgIpc) is 2.69. The average molecular weight is 489 g/mol. The maximum absolute atomic E-state index is 13.0. The molecule has 1 amide bonds. The van der Waals surface area contributed by atoms with Gasteiger partial charge in [-0.1, -0.05) is 15.9 Å². The van der Waals surface area contributed by atoms with Crippen LogP contribution in [-0.2, 0) is 25.6 Å². The molecule has 0 radical (unpaired) electrons. The van der Waals surface area contributed by atoms with Crippen LogP contribution in [0.5, 0.6) is 11.5 Å². The minimum atomic E-state index is -4.02. The quantitative estimate of drug-likeness (QED) is 0.490. The number of amides is 1. The van der Waals surface area contributed by atoms with E-state index in [2.05, 4.69) is 15.9 Å². The summed E-state index contributed by atoms with van der Waals surface area (Å²) in [6, 6.07) is 11.7. The minimum absolute atomic E-state index is 0.0286. The highest BCUT2D eigenvalue weighted by atomic mass is 79.9. The number of carbonyl (C=O) groups is 1. The molecule has 3 rings (SSSR count). The fraction of sp³-hybridized carbons (Fsp3) is 0.235. The molecule has 150 valence electrons. The van der Waals surface area contributed by atoms with Gasteiger partial charge in [0.25, 0.3) is 5.91 Å². The Morgan fingerprint density at radius 3 is 2.29 bits per heavy atom. The maximum Gasteiger partial charge on any atom is 0.262 e. The topological polar surface area (TPSA) is 113 Å². The van der Waals surface area contributed by atoms with Crippen molar-refractivity contribution in [3.8, 4) is 11.5 Å². The molecule has 1 aliphatic rings. The second kappa shape index (κ2) is 8.70. The standard InChI is InChI=1S/C17H17BrN2O6S2/c18-12-1-3-13(4-2-12)26-14-5-7-15(8-6-14)28(24,25)20-9-10-27(23)11-16(20)17(21)19-22/h1-8,16,22H,9-11H2,(H,19,21)/t16-,27-/m1/s1. The predicted molar refractivity (Wildman–Crippen MR) is 106 cm³/mol. The number of benzene rings is 2. The lowest BCUT2D eigenvalue weighted by Gasteiger charge is -2.32. The molecule has 0 saturated carbocycles. The zero-order valence-electron chi connectivity index (χ0n) is 14.4. The van der Waals surface area contributed by atoms with Crippen LogP contribution in [0.4, 0.5) is 0 Å². The van der Waals surface area contributed by atoms with Crippen molar-refractivity contribution in [2.75, 3.05) is 18.1 Å². The summed E-state index contributed by atoms with van der Waals surface area (Å²) in [5, 5.41) is 8.88. The molecule has 0 aliphatic carbocycles. The van der Waals surface area contributed by atoms with E-state index < -0.39 is 32.8 Å². The first-order valence-electron chi connectivity index (χ1n) is 8.15. The highest BCUT2D eigenvalue weighted by Crippen LogP contribution is 2.27. The molecule has 2 aromatic carbocycles. The molecule has 0 aromatic heterocycles. The largest absolute Gasteiger partial charge is 0.457 e. The summed E-state index contributed by atoms with van der Waals surface area (Å²) in [7, 11) is -5.35. The lowest BCUT2D eigenvalue weighted by Crippen LogP contribution is -2.55. The molecule has 11 heteroatoms. The molecule has 0 spiro atoms. The Morgan fingerprint density at radius 2 is 1.71 bits per heavy atom. The molecular weight excluding hydrogens is 472 g/mol. The summed E-state index contributed by atoms with van der Waals surface area (Å²) in [6.45, 7) is -0.0792. The van der Waals surface area contributed by atoms with Gasteiger partial charge >= 0.3 is 0 Å². The number of hydroxylamine groups is 1. The first-order valence-corrected chi connectivity index (χ1v) is 11.9. The van der Waals surface area contributed by atoms with Crippen molar-refractivity contribution in [3.63, 3.8) is 0 Å². The number of halogens is 1. The highest BCUT2D eigenvalue weighted by Gasteiger charge is 2.40. The molecule has 2 aromatic rings. The Labute approximate surface area is 173 Å². The number of ether oxygens (including phenoxy) is 1. The zero-order valence-corrected chi connectivity index (χ0v) is 17.7. The molecule has 1 saturated heterocycles. The van der Waals surface area contributed by atoms with Crippen molar-refractivity contribution in [1.29, 1.82) is 0 Å². The molecule has 1 fully saturated rings. The third-order valence-corrected chi connectivity index (χ3v) is 7.90. The number of rotatable bonds is 5. The van der Waals surface area contributed by atoms with Crippen molar-refractivity contribution in [2.24, 2.45) is 0 Å². The summed E-state index contributed by atoms with van der Waals surface area (Å²) in [4.78, 5) is 11.8.